The Labute approximate surface area is 257 Å². The number of hydrogen-bond donors (Lipinski definition) is 2. The number of aromatic carboxylic acids is 1. The molecule has 1 aliphatic heterocycles. The van der Waals surface area contributed by atoms with Crippen molar-refractivity contribution in [3.8, 4) is 0 Å². The summed E-state index contributed by atoms with van der Waals surface area (Å²) in [5.41, 5.74) is 5.09. The van der Waals surface area contributed by atoms with Crippen molar-refractivity contribution in [3.63, 3.8) is 0 Å². The zero-order valence-electron chi connectivity index (χ0n) is 22.1. The SMILES string of the molecule is Cc1ccc(C(=O)O)c(NC(=O)c2cccc(N3C(=O)[C@H]4[C@H](C3=O)C3(Br)c5ccccc5C4(Br)c4ccccc43)c2)c1. The number of rotatable bonds is 4. The van der Waals surface area contributed by atoms with Crippen LogP contribution in [0.4, 0.5) is 11.4 Å². The van der Waals surface area contributed by atoms with Crippen LogP contribution in [0, 0.1) is 18.8 Å². The number of carbonyl (C=O) groups is 4. The summed E-state index contributed by atoms with van der Waals surface area (Å²) >= 11 is 7.99. The number of anilines is 2. The van der Waals surface area contributed by atoms with Gasteiger partial charge in [0.15, 0.2) is 0 Å². The van der Waals surface area contributed by atoms with E-state index in [4.69, 9.17) is 0 Å². The molecule has 0 aromatic heterocycles. The van der Waals surface area contributed by atoms with E-state index >= 15 is 0 Å². The topological polar surface area (TPSA) is 104 Å². The van der Waals surface area contributed by atoms with Crippen LogP contribution < -0.4 is 10.2 Å². The molecule has 7 nitrogen and oxygen atoms in total. The lowest BCUT2D eigenvalue weighted by Gasteiger charge is -2.55. The molecule has 0 saturated carbocycles. The van der Waals surface area contributed by atoms with Crippen LogP contribution in [-0.2, 0) is 18.2 Å². The van der Waals surface area contributed by atoms with Crippen molar-refractivity contribution in [3.05, 3.63) is 130 Å². The van der Waals surface area contributed by atoms with Gasteiger partial charge >= 0.3 is 5.97 Å². The minimum absolute atomic E-state index is 0.0427. The summed E-state index contributed by atoms with van der Waals surface area (Å²) in [6, 6.07) is 26.7. The minimum Gasteiger partial charge on any atom is -0.478 e. The number of halogens is 2. The summed E-state index contributed by atoms with van der Waals surface area (Å²) in [5, 5.41) is 12.2. The number of imide groups is 1. The molecule has 42 heavy (non-hydrogen) atoms. The molecule has 2 atom stereocenters. The van der Waals surface area contributed by atoms with Gasteiger partial charge in [-0.3, -0.25) is 14.4 Å². The highest BCUT2D eigenvalue weighted by Gasteiger charge is 2.72. The Bertz CT molecular complexity index is 1760. The first-order valence-electron chi connectivity index (χ1n) is 13.3. The van der Waals surface area contributed by atoms with Crippen molar-refractivity contribution in [2.24, 2.45) is 11.8 Å². The molecule has 2 N–H and O–H groups in total. The third-order valence-electron chi connectivity index (χ3n) is 8.61. The molecule has 8 rings (SSSR count). The van der Waals surface area contributed by atoms with Crippen LogP contribution in [0.5, 0.6) is 0 Å². The Hall–Kier alpha value is -4.08. The Kier molecular flexibility index (Phi) is 5.88. The van der Waals surface area contributed by atoms with Gasteiger partial charge in [-0.05, 0) is 65.1 Å². The maximum atomic E-state index is 14.3. The first-order chi connectivity index (χ1) is 20.1. The largest absolute Gasteiger partial charge is 0.478 e. The van der Waals surface area contributed by atoms with Crippen molar-refractivity contribution in [2.75, 3.05) is 10.2 Å². The monoisotopic (exact) mass is 684 g/mol. The fraction of sp³-hybridized carbons (Fsp3) is 0.152. The summed E-state index contributed by atoms with van der Waals surface area (Å²) in [7, 11) is 0. The number of aryl methyl sites for hydroxylation is 1. The molecule has 2 bridgehead atoms. The molecule has 0 spiro atoms. The summed E-state index contributed by atoms with van der Waals surface area (Å²) in [4.78, 5) is 54.8. The van der Waals surface area contributed by atoms with E-state index in [1.54, 1.807) is 37.3 Å². The zero-order valence-corrected chi connectivity index (χ0v) is 25.3. The van der Waals surface area contributed by atoms with Gasteiger partial charge in [-0.2, -0.15) is 0 Å². The number of alkyl halides is 2. The maximum Gasteiger partial charge on any atom is 0.337 e. The van der Waals surface area contributed by atoms with E-state index in [1.807, 2.05) is 48.5 Å². The van der Waals surface area contributed by atoms with Crippen LogP contribution in [0.3, 0.4) is 0 Å². The Morgan fingerprint density at radius 1 is 0.762 bits per heavy atom. The molecule has 0 radical (unpaired) electrons. The average Bonchev–Trinajstić information content (AvgIpc) is 3.26. The predicted molar refractivity (Wildman–Crippen MR) is 164 cm³/mol. The number of carboxylic acids is 1. The molecule has 0 unspecified atom stereocenters. The first kappa shape index (κ1) is 26.8. The number of nitrogens with zero attached hydrogens (tertiary/aromatic N) is 1. The molecular formula is C33H22Br2N2O5. The van der Waals surface area contributed by atoms with E-state index in [-0.39, 0.29) is 34.3 Å². The molecule has 4 aliphatic rings. The fourth-order valence-corrected chi connectivity index (χ4v) is 9.15. The standard InChI is InChI=1S/C33H22Br2N2O5/c1-17-13-14-20(31(41)42)25(15-17)36-28(38)18-7-6-8-19(16-18)37-29(39)26-27(30(37)40)33(35)22-10-3-2-9-21(22)32(26,34)23-11-4-5-12-24(23)33/h2-16,26-27H,1H3,(H,36,38)(H,41,42)/t26-,27-,32?,33?/m1/s1. The average molecular weight is 686 g/mol. The number of carboxylic acid groups (broad SMARTS) is 1. The highest BCUT2D eigenvalue weighted by Crippen LogP contribution is 2.70. The second kappa shape index (κ2) is 9.21. The van der Waals surface area contributed by atoms with E-state index in [2.05, 4.69) is 37.2 Å². The highest BCUT2D eigenvalue weighted by atomic mass is 79.9. The highest BCUT2D eigenvalue weighted by molar-refractivity contribution is 9.10. The van der Waals surface area contributed by atoms with Gasteiger partial charge in [0.2, 0.25) is 11.8 Å². The van der Waals surface area contributed by atoms with E-state index in [0.717, 1.165) is 27.8 Å². The Morgan fingerprint density at radius 3 is 1.79 bits per heavy atom. The van der Waals surface area contributed by atoms with Crippen molar-refractivity contribution in [2.45, 2.75) is 15.6 Å². The third-order valence-corrected chi connectivity index (χ3v) is 11.3. The summed E-state index contributed by atoms with van der Waals surface area (Å²) in [6.07, 6.45) is 0. The Balaban J connectivity index is 1.30. The molecular weight excluding hydrogens is 664 g/mol. The van der Waals surface area contributed by atoms with Gasteiger partial charge in [-0.15, -0.1) is 0 Å². The number of carbonyl (C=O) groups excluding carboxylic acids is 3. The van der Waals surface area contributed by atoms with Gasteiger partial charge in [0.25, 0.3) is 5.91 Å². The normalized spacial score (nSPS) is 25.1. The molecule has 1 heterocycles. The van der Waals surface area contributed by atoms with Gasteiger partial charge < -0.3 is 10.4 Å². The van der Waals surface area contributed by atoms with Crippen molar-refractivity contribution in [1.29, 1.82) is 0 Å². The predicted octanol–water partition coefficient (Wildman–Crippen LogP) is 6.36. The quantitative estimate of drug-likeness (QED) is 0.192. The van der Waals surface area contributed by atoms with Gasteiger partial charge in [0, 0.05) is 5.56 Å². The van der Waals surface area contributed by atoms with Crippen LogP contribution in [0.15, 0.2) is 91.0 Å². The molecule has 3 aliphatic carbocycles. The number of benzene rings is 4. The van der Waals surface area contributed by atoms with Gasteiger partial charge in [-0.1, -0.05) is 92.5 Å². The fourth-order valence-electron chi connectivity index (χ4n) is 6.85. The van der Waals surface area contributed by atoms with E-state index < -0.39 is 32.4 Å². The molecule has 1 saturated heterocycles. The van der Waals surface area contributed by atoms with Crippen molar-refractivity contribution < 1.29 is 24.3 Å². The van der Waals surface area contributed by atoms with Gasteiger partial charge in [-0.25, -0.2) is 9.69 Å². The zero-order chi connectivity index (χ0) is 29.6. The van der Waals surface area contributed by atoms with Crippen LogP contribution >= 0.6 is 31.9 Å². The molecule has 9 heteroatoms. The first-order valence-corrected chi connectivity index (χ1v) is 14.9. The van der Waals surface area contributed by atoms with Gasteiger partial charge in [0.05, 0.1) is 37.4 Å². The van der Waals surface area contributed by atoms with Crippen LogP contribution in [-0.4, -0.2) is 28.8 Å². The summed E-state index contributed by atoms with van der Waals surface area (Å²) in [6.45, 7) is 1.79. The third kappa shape index (κ3) is 3.44. The lowest BCUT2D eigenvalue weighted by atomic mass is 9.54. The van der Waals surface area contributed by atoms with Crippen molar-refractivity contribution >= 4 is 66.9 Å². The molecule has 4 aromatic carbocycles. The lowest BCUT2D eigenvalue weighted by molar-refractivity contribution is -0.122. The van der Waals surface area contributed by atoms with E-state index in [9.17, 15) is 24.3 Å². The summed E-state index contributed by atoms with van der Waals surface area (Å²) in [5.74, 6) is -3.93. The number of amides is 3. The second-order valence-corrected chi connectivity index (χ2v) is 13.3. The van der Waals surface area contributed by atoms with E-state index in [1.165, 1.54) is 17.0 Å². The Morgan fingerprint density at radius 2 is 1.29 bits per heavy atom. The smallest absolute Gasteiger partial charge is 0.337 e. The lowest BCUT2D eigenvalue weighted by Crippen LogP contribution is -2.56. The van der Waals surface area contributed by atoms with Crippen LogP contribution in [0.25, 0.3) is 0 Å². The molecule has 208 valence electrons. The second-order valence-electron chi connectivity index (χ2n) is 10.8. The van der Waals surface area contributed by atoms with Gasteiger partial charge in [0.1, 0.15) is 0 Å². The molecule has 4 aromatic rings. The number of nitrogens with one attached hydrogen (secondary N) is 1. The maximum absolute atomic E-state index is 14.3. The summed E-state index contributed by atoms with van der Waals surface area (Å²) < 4.78 is -1.84. The number of hydrogen-bond acceptors (Lipinski definition) is 4. The van der Waals surface area contributed by atoms with Crippen molar-refractivity contribution in [1.82, 2.24) is 0 Å². The molecule has 3 amide bonds. The van der Waals surface area contributed by atoms with Crippen LogP contribution in [0.1, 0.15) is 48.5 Å². The van der Waals surface area contributed by atoms with Crippen LogP contribution in [0.2, 0.25) is 0 Å². The van der Waals surface area contributed by atoms with E-state index in [0.29, 0.717) is 0 Å². The molecule has 1 fully saturated rings. The minimum atomic E-state index is -1.17.